The van der Waals surface area contributed by atoms with Crippen LogP contribution in [0.25, 0.3) is 0 Å². The highest BCUT2D eigenvalue weighted by Gasteiger charge is 2.12. The Morgan fingerprint density at radius 2 is 1.80 bits per heavy atom. The molecule has 0 fully saturated rings. The molecule has 0 aromatic heterocycles. The summed E-state index contributed by atoms with van der Waals surface area (Å²) in [5.74, 6) is 0.422. The van der Waals surface area contributed by atoms with E-state index in [2.05, 4.69) is 31.8 Å². The number of rotatable bonds is 10. The molecule has 7 nitrogen and oxygen atoms in total. The fraction of sp³-hybridized carbons (Fsp3) is 0.192. The van der Waals surface area contributed by atoms with Crippen molar-refractivity contribution < 1.29 is 19.1 Å². The van der Waals surface area contributed by atoms with Crippen molar-refractivity contribution in [1.82, 2.24) is 5.43 Å². The Bertz CT molecular complexity index is 1220. The quantitative estimate of drug-likeness (QED) is 0.241. The SMILES string of the molecule is COc1cc(C=NNC(=O)CCC(=O)Nc2ccc(C)c(Cl)c2)cc(Br)c1OCc1ccccc1. The number of anilines is 1. The van der Waals surface area contributed by atoms with Gasteiger partial charge in [-0.3, -0.25) is 9.59 Å². The number of aryl methyl sites for hydroxylation is 1. The summed E-state index contributed by atoms with van der Waals surface area (Å²) in [5.41, 5.74) is 5.65. The lowest BCUT2D eigenvalue weighted by atomic mass is 10.2. The first-order chi connectivity index (χ1) is 16.9. The van der Waals surface area contributed by atoms with Crippen LogP contribution in [-0.4, -0.2) is 25.1 Å². The average molecular weight is 559 g/mol. The summed E-state index contributed by atoms with van der Waals surface area (Å²) in [6, 6.07) is 18.6. The second kappa shape index (κ2) is 12.9. The number of methoxy groups -OCH3 is 1. The molecule has 3 aromatic rings. The lowest BCUT2D eigenvalue weighted by Gasteiger charge is -2.13. The Kier molecular flexibility index (Phi) is 9.69. The monoisotopic (exact) mass is 557 g/mol. The topological polar surface area (TPSA) is 89.0 Å². The lowest BCUT2D eigenvalue weighted by molar-refractivity contribution is -0.124. The number of benzene rings is 3. The van der Waals surface area contributed by atoms with Crippen molar-refractivity contribution in [1.29, 1.82) is 0 Å². The highest BCUT2D eigenvalue weighted by molar-refractivity contribution is 9.10. The summed E-state index contributed by atoms with van der Waals surface area (Å²) >= 11 is 9.56. The molecule has 0 unspecified atom stereocenters. The van der Waals surface area contributed by atoms with E-state index in [1.165, 1.54) is 6.21 Å². The fourth-order valence-electron chi connectivity index (χ4n) is 3.04. The molecule has 0 aliphatic carbocycles. The third kappa shape index (κ3) is 8.12. The first-order valence-electron chi connectivity index (χ1n) is 10.8. The first kappa shape index (κ1) is 26.2. The Labute approximate surface area is 217 Å². The van der Waals surface area contributed by atoms with Gasteiger partial charge in [0, 0.05) is 23.6 Å². The number of amides is 2. The van der Waals surface area contributed by atoms with E-state index in [1.54, 1.807) is 31.4 Å². The number of nitrogens with zero attached hydrogens (tertiary/aromatic N) is 1. The normalized spacial score (nSPS) is 10.7. The summed E-state index contributed by atoms with van der Waals surface area (Å²) in [6.45, 7) is 2.27. The molecule has 0 atom stereocenters. The van der Waals surface area contributed by atoms with Gasteiger partial charge in [0.25, 0.3) is 0 Å². The molecule has 182 valence electrons. The van der Waals surface area contributed by atoms with E-state index in [0.29, 0.717) is 38.9 Å². The fourth-order valence-corrected chi connectivity index (χ4v) is 3.79. The second-order valence-corrected chi connectivity index (χ2v) is 8.88. The standard InChI is InChI=1S/C26H25BrClN3O4/c1-17-8-9-20(14-22(17)28)30-24(32)10-11-25(33)31-29-15-19-12-21(27)26(23(13-19)34-2)35-16-18-6-4-3-5-7-18/h3-9,12-15H,10-11,16H2,1-2H3,(H,30,32)(H,31,33). The van der Waals surface area contributed by atoms with E-state index in [4.69, 9.17) is 21.1 Å². The van der Waals surface area contributed by atoms with Crippen LogP contribution in [0.15, 0.2) is 70.2 Å². The van der Waals surface area contributed by atoms with Gasteiger partial charge in [-0.1, -0.05) is 48.0 Å². The molecule has 0 bridgehead atoms. The van der Waals surface area contributed by atoms with E-state index in [9.17, 15) is 9.59 Å². The highest BCUT2D eigenvalue weighted by atomic mass is 79.9. The Hall–Kier alpha value is -3.36. The minimum atomic E-state index is -0.382. The number of nitrogens with one attached hydrogen (secondary N) is 2. The van der Waals surface area contributed by atoms with Crippen molar-refractivity contribution in [2.24, 2.45) is 5.10 Å². The maximum atomic E-state index is 12.1. The molecule has 9 heteroatoms. The van der Waals surface area contributed by atoms with Crippen molar-refractivity contribution in [2.45, 2.75) is 26.4 Å². The summed E-state index contributed by atoms with van der Waals surface area (Å²) < 4.78 is 12.1. The molecular formula is C26H25BrClN3O4. The summed E-state index contributed by atoms with van der Waals surface area (Å²) in [4.78, 5) is 24.2. The van der Waals surface area contributed by atoms with Crippen LogP contribution in [0.1, 0.15) is 29.5 Å². The summed E-state index contributed by atoms with van der Waals surface area (Å²) in [7, 11) is 1.55. The van der Waals surface area contributed by atoms with Gasteiger partial charge in [0.15, 0.2) is 11.5 Å². The number of hydrazone groups is 1. The molecule has 0 aliphatic heterocycles. The van der Waals surface area contributed by atoms with Gasteiger partial charge in [-0.15, -0.1) is 0 Å². The molecule has 3 rings (SSSR count). The Morgan fingerprint density at radius 1 is 1.06 bits per heavy atom. The Balaban J connectivity index is 1.50. The largest absolute Gasteiger partial charge is 0.493 e. The van der Waals surface area contributed by atoms with Crippen LogP contribution >= 0.6 is 27.5 Å². The Morgan fingerprint density at radius 3 is 2.51 bits per heavy atom. The molecule has 2 amide bonds. The van der Waals surface area contributed by atoms with Crippen molar-refractivity contribution in [3.63, 3.8) is 0 Å². The van der Waals surface area contributed by atoms with Gasteiger partial charge in [-0.25, -0.2) is 5.43 Å². The third-order valence-corrected chi connectivity index (χ3v) is 5.91. The van der Waals surface area contributed by atoms with Gasteiger partial charge >= 0.3 is 0 Å². The third-order valence-electron chi connectivity index (χ3n) is 4.92. The number of carbonyl (C=O) groups is 2. The number of ether oxygens (including phenoxy) is 2. The molecule has 0 aliphatic rings. The van der Waals surface area contributed by atoms with E-state index in [0.717, 1.165) is 11.1 Å². The molecule has 0 saturated heterocycles. The molecule has 0 heterocycles. The second-order valence-electron chi connectivity index (χ2n) is 7.61. The maximum absolute atomic E-state index is 12.1. The van der Waals surface area contributed by atoms with Crippen molar-refractivity contribution in [3.05, 3.63) is 86.8 Å². The van der Waals surface area contributed by atoms with Crippen LogP contribution in [-0.2, 0) is 16.2 Å². The van der Waals surface area contributed by atoms with E-state index in [-0.39, 0.29) is 24.7 Å². The zero-order valence-corrected chi connectivity index (χ0v) is 21.7. The zero-order chi connectivity index (χ0) is 25.2. The number of carbonyl (C=O) groups excluding carboxylic acids is 2. The first-order valence-corrected chi connectivity index (χ1v) is 11.9. The van der Waals surface area contributed by atoms with Crippen LogP contribution in [0.3, 0.4) is 0 Å². The highest BCUT2D eigenvalue weighted by Crippen LogP contribution is 2.36. The number of hydrogen-bond acceptors (Lipinski definition) is 5. The van der Waals surface area contributed by atoms with Gasteiger partial charge in [0.2, 0.25) is 11.8 Å². The van der Waals surface area contributed by atoms with Crippen molar-refractivity contribution in [2.75, 3.05) is 12.4 Å². The number of halogens is 2. The smallest absolute Gasteiger partial charge is 0.240 e. The van der Waals surface area contributed by atoms with Crippen molar-refractivity contribution >= 4 is 51.2 Å². The minimum absolute atomic E-state index is 0.0119. The van der Waals surface area contributed by atoms with Crippen molar-refractivity contribution in [3.8, 4) is 11.5 Å². The predicted octanol–water partition coefficient (Wildman–Crippen LogP) is 5.87. The van der Waals surface area contributed by atoms with E-state index < -0.39 is 0 Å². The van der Waals surface area contributed by atoms with Crippen LogP contribution in [0.5, 0.6) is 11.5 Å². The van der Waals surface area contributed by atoms with Gasteiger partial charge in [-0.2, -0.15) is 5.10 Å². The van der Waals surface area contributed by atoms with Crippen LogP contribution in [0.2, 0.25) is 5.02 Å². The summed E-state index contributed by atoms with van der Waals surface area (Å²) in [5, 5.41) is 7.26. The lowest BCUT2D eigenvalue weighted by Crippen LogP contribution is -2.20. The molecule has 0 spiro atoms. The molecule has 2 N–H and O–H groups in total. The van der Waals surface area contributed by atoms with Crippen LogP contribution < -0.4 is 20.2 Å². The predicted molar refractivity (Wildman–Crippen MR) is 141 cm³/mol. The van der Waals surface area contributed by atoms with E-state index >= 15 is 0 Å². The molecule has 0 radical (unpaired) electrons. The van der Waals surface area contributed by atoms with Crippen LogP contribution in [0.4, 0.5) is 5.69 Å². The zero-order valence-electron chi connectivity index (χ0n) is 19.3. The van der Waals surface area contributed by atoms with Gasteiger partial charge in [0.1, 0.15) is 6.61 Å². The molecule has 35 heavy (non-hydrogen) atoms. The molecule has 3 aromatic carbocycles. The molecular weight excluding hydrogens is 534 g/mol. The summed E-state index contributed by atoms with van der Waals surface area (Å²) in [6.07, 6.45) is 1.49. The molecule has 0 saturated carbocycles. The number of hydrogen-bond donors (Lipinski definition) is 2. The average Bonchev–Trinajstić information content (AvgIpc) is 2.84. The van der Waals surface area contributed by atoms with Gasteiger partial charge < -0.3 is 14.8 Å². The van der Waals surface area contributed by atoms with Gasteiger partial charge in [-0.05, 0) is 63.8 Å². The maximum Gasteiger partial charge on any atom is 0.240 e. The minimum Gasteiger partial charge on any atom is -0.493 e. The van der Waals surface area contributed by atoms with Crippen LogP contribution in [0, 0.1) is 6.92 Å². The van der Waals surface area contributed by atoms with Gasteiger partial charge in [0.05, 0.1) is 17.8 Å². The van der Waals surface area contributed by atoms with E-state index in [1.807, 2.05) is 43.3 Å².